The minimum atomic E-state index is -3.22. The standard InChI is InChI=1S/C14H23N3O2S/c1-2-17(14-7-5-9-15-12-14)20(18,19)11-8-13-6-3-4-10-16-13/h3-4,6,10,14-15H,2,5,7-9,11-12H2,1H3. The Morgan fingerprint density at radius 1 is 1.45 bits per heavy atom. The van der Waals surface area contributed by atoms with Crippen molar-refractivity contribution in [1.29, 1.82) is 0 Å². The molecule has 0 aromatic carbocycles. The first-order chi connectivity index (χ1) is 9.63. The first kappa shape index (κ1) is 15.4. The first-order valence-electron chi connectivity index (χ1n) is 7.23. The number of hydrogen-bond acceptors (Lipinski definition) is 4. The molecule has 1 aromatic heterocycles. The summed E-state index contributed by atoms with van der Waals surface area (Å²) in [4.78, 5) is 4.18. The van der Waals surface area contributed by atoms with Crippen LogP contribution in [-0.2, 0) is 16.4 Å². The summed E-state index contributed by atoms with van der Waals surface area (Å²) >= 11 is 0. The van der Waals surface area contributed by atoms with Gasteiger partial charge in [0.15, 0.2) is 0 Å². The molecule has 0 amide bonds. The first-order valence-corrected chi connectivity index (χ1v) is 8.84. The second-order valence-corrected chi connectivity index (χ2v) is 7.13. The van der Waals surface area contributed by atoms with Crippen molar-refractivity contribution in [2.24, 2.45) is 0 Å². The van der Waals surface area contributed by atoms with Crippen LogP contribution in [0.5, 0.6) is 0 Å². The van der Waals surface area contributed by atoms with Crippen molar-refractivity contribution >= 4 is 10.0 Å². The third-order valence-corrected chi connectivity index (χ3v) is 5.68. The summed E-state index contributed by atoms with van der Waals surface area (Å²) in [5.41, 5.74) is 0.828. The Morgan fingerprint density at radius 3 is 2.90 bits per heavy atom. The van der Waals surface area contributed by atoms with E-state index < -0.39 is 10.0 Å². The van der Waals surface area contributed by atoms with Crippen LogP contribution in [0.2, 0.25) is 0 Å². The van der Waals surface area contributed by atoms with Crippen LogP contribution in [-0.4, -0.2) is 49.1 Å². The number of nitrogens with zero attached hydrogens (tertiary/aromatic N) is 2. The highest BCUT2D eigenvalue weighted by molar-refractivity contribution is 7.89. The van der Waals surface area contributed by atoms with Crippen LogP contribution in [0.1, 0.15) is 25.5 Å². The molecule has 0 spiro atoms. The quantitative estimate of drug-likeness (QED) is 0.852. The predicted octanol–water partition coefficient (Wildman–Crippen LogP) is 1.03. The van der Waals surface area contributed by atoms with Crippen LogP contribution >= 0.6 is 0 Å². The maximum absolute atomic E-state index is 12.5. The van der Waals surface area contributed by atoms with E-state index in [0.717, 1.165) is 31.6 Å². The average molecular weight is 297 g/mol. The summed E-state index contributed by atoms with van der Waals surface area (Å²) in [7, 11) is -3.22. The number of nitrogens with one attached hydrogen (secondary N) is 1. The Hall–Kier alpha value is -0.980. The lowest BCUT2D eigenvalue weighted by molar-refractivity contribution is 0.274. The Balaban J connectivity index is 1.99. The molecule has 0 aliphatic carbocycles. The normalized spacial score (nSPS) is 20.2. The van der Waals surface area contributed by atoms with Crippen molar-refractivity contribution in [2.75, 3.05) is 25.4 Å². The topological polar surface area (TPSA) is 62.3 Å². The maximum Gasteiger partial charge on any atom is 0.214 e. The Kier molecular flexibility index (Phi) is 5.51. The zero-order valence-corrected chi connectivity index (χ0v) is 12.8. The predicted molar refractivity (Wildman–Crippen MR) is 80.0 cm³/mol. The number of likely N-dealkylation sites (N-methyl/N-ethyl adjacent to an activating group) is 1. The van der Waals surface area contributed by atoms with Crippen molar-refractivity contribution in [3.63, 3.8) is 0 Å². The van der Waals surface area contributed by atoms with Crippen LogP contribution in [0, 0.1) is 0 Å². The summed E-state index contributed by atoms with van der Waals surface area (Å²) in [6, 6.07) is 5.69. The smallest absolute Gasteiger partial charge is 0.214 e. The molecule has 1 aliphatic rings. The van der Waals surface area contributed by atoms with E-state index >= 15 is 0 Å². The van der Waals surface area contributed by atoms with E-state index in [1.54, 1.807) is 10.5 Å². The molecule has 0 radical (unpaired) electrons. The number of pyridine rings is 1. The number of aromatic nitrogens is 1. The Bertz CT molecular complexity index is 498. The van der Waals surface area contributed by atoms with Gasteiger partial charge >= 0.3 is 0 Å². The van der Waals surface area contributed by atoms with Gasteiger partial charge in [-0.25, -0.2) is 8.42 Å². The van der Waals surface area contributed by atoms with Crippen molar-refractivity contribution < 1.29 is 8.42 Å². The van der Waals surface area contributed by atoms with Crippen molar-refractivity contribution in [1.82, 2.24) is 14.6 Å². The van der Waals surface area contributed by atoms with Gasteiger partial charge in [0.2, 0.25) is 10.0 Å². The van der Waals surface area contributed by atoms with Gasteiger partial charge in [0.1, 0.15) is 0 Å². The molecule has 6 heteroatoms. The highest BCUT2D eigenvalue weighted by atomic mass is 32.2. The largest absolute Gasteiger partial charge is 0.315 e. The fourth-order valence-electron chi connectivity index (χ4n) is 2.66. The van der Waals surface area contributed by atoms with Crippen LogP contribution in [0.15, 0.2) is 24.4 Å². The highest BCUT2D eigenvalue weighted by Crippen LogP contribution is 2.15. The SMILES string of the molecule is CCN(C1CCCNC1)S(=O)(=O)CCc1ccccn1. The van der Waals surface area contributed by atoms with Crippen LogP contribution in [0.3, 0.4) is 0 Å². The van der Waals surface area contributed by atoms with Gasteiger partial charge in [-0.3, -0.25) is 4.98 Å². The van der Waals surface area contributed by atoms with E-state index in [4.69, 9.17) is 0 Å². The van der Waals surface area contributed by atoms with Crippen molar-refractivity contribution in [2.45, 2.75) is 32.2 Å². The molecule has 1 atom stereocenters. The molecule has 1 N–H and O–H groups in total. The molecule has 20 heavy (non-hydrogen) atoms. The molecule has 2 heterocycles. The molecule has 2 rings (SSSR count). The molecule has 1 saturated heterocycles. The molecule has 0 bridgehead atoms. The number of rotatable bonds is 6. The zero-order chi connectivity index (χ0) is 14.4. The highest BCUT2D eigenvalue weighted by Gasteiger charge is 2.29. The van der Waals surface area contributed by atoms with Gasteiger partial charge in [-0.05, 0) is 31.5 Å². The van der Waals surface area contributed by atoms with Crippen LogP contribution in [0.25, 0.3) is 0 Å². The average Bonchev–Trinajstić information content (AvgIpc) is 2.48. The molecule has 1 fully saturated rings. The minimum absolute atomic E-state index is 0.0995. The number of aryl methyl sites for hydroxylation is 1. The summed E-state index contributed by atoms with van der Waals surface area (Å²) in [5.74, 6) is 0.133. The van der Waals surface area contributed by atoms with E-state index in [2.05, 4.69) is 10.3 Å². The summed E-state index contributed by atoms with van der Waals surface area (Å²) in [6.07, 6.45) is 4.16. The van der Waals surface area contributed by atoms with Gasteiger partial charge in [0, 0.05) is 37.4 Å². The second-order valence-electron chi connectivity index (χ2n) is 5.09. The Labute approximate surface area is 121 Å². The fourth-order valence-corrected chi connectivity index (χ4v) is 4.39. The molecule has 1 aromatic rings. The number of hydrogen-bond donors (Lipinski definition) is 1. The van der Waals surface area contributed by atoms with Gasteiger partial charge in [0.25, 0.3) is 0 Å². The van der Waals surface area contributed by atoms with E-state index in [-0.39, 0.29) is 11.8 Å². The lowest BCUT2D eigenvalue weighted by Crippen LogP contribution is -2.49. The van der Waals surface area contributed by atoms with E-state index in [9.17, 15) is 8.42 Å². The molecular formula is C14H23N3O2S. The van der Waals surface area contributed by atoms with Crippen LogP contribution in [0.4, 0.5) is 0 Å². The van der Waals surface area contributed by atoms with Gasteiger partial charge < -0.3 is 5.32 Å². The van der Waals surface area contributed by atoms with Gasteiger partial charge in [0.05, 0.1) is 5.75 Å². The molecule has 0 saturated carbocycles. The number of piperidine rings is 1. The number of sulfonamides is 1. The third kappa shape index (κ3) is 4.01. The monoisotopic (exact) mass is 297 g/mol. The molecule has 112 valence electrons. The third-order valence-electron chi connectivity index (χ3n) is 3.69. The van der Waals surface area contributed by atoms with Crippen molar-refractivity contribution in [3.05, 3.63) is 30.1 Å². The summed E-state index contributed by atoms with van der Waals surface area (Å²) < 4.78 is 26.7. The van der Waals surface area contributed by atoms with E-state index in [1.165, 1.54) is 0 Å². The molecule has 5 nitrogen and oxygen atoms in total. The van der Waals surface area contributed by atoms with E-state index in [0.29, 0.717) is 13.0 Å². The lowest BCUT2D eigenvalue weighted by Gasteiger charge is -2.33. The Morgan fingerprint density at radius 2 is 2.30 bits per heavy atom. The van der Waals surface area contributed by atoms with Crippen molar-refractivity contribution in [3.8, 4) is 0 Å². The minimum Gasteiger partial charge on any atom is -0.315 e. The summed E-state index contributed by atoms with van der Waals surface area (Å²) in [5, 5.41) is 3.28. The molecular weight excluding hydrogens is 274 g/mol. The zero-order valence-electron chi connectivity index (χ0n) is 12.0. The second kappa shape index (κ2) is 7.15. The lowest BCUT2D eigenvalue weighted by atomic mass is 10.1. The van der Waals surface area contributed by atoms with Gasteiger partial charge in [-0.1, -0.05) is 13.0 Å². The van der Waals surface area contributed by atoms with Gasteiger partial charge in [-0.2, -0.15) is 4.31 Å². The molecule has 1 unspecified atom stereocenters. The molecule has 1 aliphatic heterocycles. The maximum atomic E-state index is 12.5. The fraction of sp³-hybridized carbons (Fsp3) is 0.643. The van der Waals surface area contributed by atoms with E-state index in [1.807, 2.05) is 25.1 Å². The van der Waals surface area contributed by atoms with Crippen LogP contribution < -0.4 is 5.32 Å². The summed E-state index contributed by atoms with van der Waals surface area (Å²) in [6.45, 7) is 4.20. The van der Waals surface area contributed by atoms with Gasteiger partial charge in [-0.15, -0.1) is 0 Å².